The quantitative estimate of drug-likeness (QED) is 0.685. The second-order valence-corrected chi connectivity index (χ2v) is 6.32. The van der Waals surface area contributed by atoms with Gasteiger partial charge in [-0.3, -0.25) is 4.79 Å². The molecule has 0 saturated carbocycles. The van der Waals surface area contributed by atoms with Crippen molar-refractivity contribution in [2.24, 2.45) is 5.92 Å². The summed E-state index contributed by atoms with van der Waals surface area (Å²) in [5.74, 6) is -1.17. The summed E-state index contributed by atoms with van der Waals surface area (Å²) in [7, 11) is -3.36. The average molecular weight is 265 g/mol. The van der Waals surface area contributed by atoms with Crippen molar-refractivity contribution in [1.82, 2.24) is 4.72 Å². The second kappa shape index (κ2) is 6.32. The van der Waals surface area contributed by atoms with Crippen molar-refractivity contribution in [3.63, 3.8) is 0 Å². The van der Waals surface area contributed by atoms with E-state index in [0.717, 1.165) is 12.8 Å². The molecule has 0 spiro atoms. The largest absolute Gasteiger partial charge is 0.481 e. The van der Waals surface area contributed by atoms with Crippen LogP contribution in [0.15, 0.2) is 0 Å². The van der Waals surface area contributed by atoms with Crippen LogP contribution >= 0.6 is 0 Å². The lowest BCUT2D eigenvalue weighted by atomic mass is 10.1. The average Bonchev–Trinajstić information content (AvgIpc) is 2.66. The Bertz CT molecular complexity index is 348. The van der Waals surface area contributed by atoms with Crippen molar-refractivity contribution < 1.29 is 23.1 Å². The van der Waals surface area contributed by atoms with Crippen molar-refractivity contribution in [3.05, 3.63) is 0 Å². The summed E-state index contributed by atoms with van der Waals surface area (Å²) in [5, 5.41) is 8.55. The Morgan fingerprint density at radius 3 is 2.82 bits per heavy atom. The minimum absolute atomic E-state index is 0.0349. The first-order valence-electron chi connectivity index (χ1n) is 5.70. The third-order valence-electron chi connectivity index (χ3n) is 2.60. The standard InChI is InChI=1S/C10H19NO5S/c1-8(5-10(12)13)6-11-17(14,15)7-9-3-2-4-16-9/h8-9,11H,2-7H2,1H3,(H,12,13). The van der Waals surface area contributed by atoms with Crippen LogP contribution in [0.25, 0.3) is 0 Å². The van der Waals surface area contributed by atoms with E-state index in [4.69, 9.17) is 9.84 Å². The summed E-state index contributed by atoms with van der Waals surface area (Å²) in [6.45, 7) is 2.47. The van der Waals surface area contributed by atoms with E-state index in [1.54, 1.807) is 6.92 Å². The lowest BCUT2D eigenvalue weighted by Crippen LogP contribution is -2.35. The van der Waals surface area contributed by atoms with Gasteiger partial charge in [-0.1, -0.05) is 6.92 Å². The Morgan fingerprint density at radius 2 is 2.29 bits per heavy atom. The predicted octanol–water partition coefficient (Wildman–Crippen LogP) is 0.196. The fraction of sp³-hybridized carbons (Fsp3) is 0.900. The van der Waals surface area contributed by atoms with Crippen molar-refractivity contribution in [1.29, 1.82) is 0 Å². The van der Waals surface area contributed by atoms with Gasteiger partial charge in [-0.2, -0.15) is 0 Å². The van der Waals surface area contributed by atoms with E-state index in [-0.39, 0.29) is 30.7 Å². The Hall–Kier alpha value is -0.660. The van der Waals surface area contributed by atoms with E-state index in [1.165, 1.54) is 0 Å². The highest BCUT2D eigenvalue weighted by Gasteiger charge is 2.23. The summed E-state index contributed by atoms with van der Waals surface area (Å²) in [4.78, 5) is 10.4. The fourth-order valence-electron chi connectivity index (χ4n) is 1.72. The van der Waals surface area contributed by atoms with Gasteiger partial charge in [0, 0.05) is 19.6 Å². The molecule has 1 aliphatic heterocycles. The number of rotatable bonds is 7. The maximum absolute atomic E-state index is 11.6. The van der Waals surface area contributed by atoms with E-state index >= 15 is 0 Å². The van der Waals surface area contributed by atoms with E-state index in [1.807, 2.05) is 0 Å². The SMILES string of the molecule is CC(CNS(=O)(=O)CC1CCCO1)CC(=O)O. The second-order valence-electron chi connectivity index (χ2n) is 4.47. The molecule has 2 N–H and O–H groups in total. The summed E-state index contributed by atoms with van der Waals surface area (Å²) in [6, 6.07) is 0. The molecular weight excluding hydrogens is 246 g/mol. The van der Waals surface area contributed by atoms with Gasteiger partial charge in [-0.05, 0) is 18.8 Å². The van der Waals surface area contributed by atoms with Crippen LogP contribution in [0, 0.1) is 5.92 Å². The van der Waals surface area contributed by atoms with Crippen molar-refractivity contribution >= 4 is 16.0 Å². The molecule has 6 nitrogen and oxygen atoms in total. The molecular formula is C10H19NO5S. The first-order valence-corrected chi connectivity index (χ1v) is 7.35. The lowest BCUT2D eigenvalue weighted by molar-refractivity contribution is -0.137. The van der Waals surface area contributed by atoms with Crippen LogP contribution in [0.3, 0.4) is 0 Å². The van der Waals surface area contributed by atoms with Gasteiger partial charge in [0.1, 0.15) is 0 Å². The number of carboxylic acid groups (broad SMARTS) is 1. The molecule has 2 atom stereocenters. The van der Waals surface area contributed by atoms with E-state index in [9.17, 15) is 13.2 Å². The van der Waals surface area contributed by atoms with Crippen LogP contribution in [-0.4, -0.2) is 44.5 Å². The third kappa shape index (κ3) is 5.99. The summed E-state index contributed by atoms with van der Waals surface area (Å²) < 4.78 is 30.9. The van der Waals surface area contributed by atoms with Gasteiger partial charge in [0.05, 0.1) is 11.9 Å². The van der Waals surface area contributed by atoms with Crippen LogP contribution < -0.4 is 4.72 Å². The highest BCUT2D eigenvalue weighted by Crippen LogP contribution is 2.13. The number of ether oxygens (including phenoxy) is 1. The Labute approximate surface area is 101 Å². The molecule has 1 heterocycles. The number of carbonyl (C=O) groups is 1. The van der Waals surface area contributed by atoms with Gasteiger partial charge in [-0.25, -0.2) is 13.1 Å². The van der Waals surface area contributed by atoms with Crippen molar-refractivity contribution in [2.45, 2.75) is 32.3 Å². The zero-order valence-corrected chi connectivity index (χ0v) is 10.7. The predicted molar refractivity (Wildman–Crippen MR) is 62.2 cm³/mol. The molecule has 2 unspecified atom stereocenters. The topological polar surface area (TPSA) is 92.7 Å². The van der Waals surface area contributed by atoms with Crippen LogP contribution in [0.5, 0.6) is 0 Å². The summed E-state index contributed by atoms with van der Waals surface area (Å²) in [6.07, 6.45) is 1.41. The molecule has 0 aromatic carbocycles. The minimum atomic E-state index is -3.36. The molecule has 17 heavy (non-hydrogen) atoms. The molecule has 100 valence electrons. The monoisotopic (exact) mass is 265 g/mol. The maximum Gasteiger partial charge on any atom is 0.303 e. The van der Waals surface area contributed by atoms with Crippen LogP contribution in [0.1, 0.15) is 26.2 Å². The molecule has 0 aliphatic carbocycles. The summed E-state index contributed by atoms with van der Waals surface area (Å²) >= 11 is 0. The molecule has 1 saturated heterocycles. The van der Waals surface area contributed by atoms with E-state index in [2.05, 4.69) is 4.72 Å². The molecule has 1 rings (SSSR count). The Morgan fingerprint density at radius 1 is 1.59 bits per heavy atom. The van der Waals surface area contributed by atoms with Gasteiger partial charge < -0.3 is 9.84 Å². The first kappa shape index (κ1) is 14.4. The van der Waals surface area contributed by atoms with Crippen molar-refractivity contribution in [3.8, 4) is 0 Å². The third-order valence-corrected chi connectivity index (χ3v) is 4.02. The van der Waals surface area contributed by atoms with Crippen molar-refractivity contribution in [2.75, 3.05) is 18.9 Å². The smallest absolute Gasteiger partial charge is 0.303 e. The van der Waals surface area contributed by atoms with Gasteiger partial charge in [-0.15, -0.1) is 0 Å². The molecule has 0 bridgehead atoms. The highest BCUT2D eigenvalue weighted by molar-refractivity contribution is 7.89. The van der Waals surface area contributed by atoms with Gasteiger partial charge in [0.25, 0.3) is 0 Å². The van der Waals surface area contributed by atoms with Gasteiger partial charge in [0.15, 0.2) is 0 Å². The Balaban J connectivity index is 2.30. The highest BCUT2D eigenvalue weighted by atomic mass is 32.2. The van der Waals surface area contributed by atoms with Crippen LogP contribution in [0.4, 0.5) is 0 Å². The molecule has 0 aromatic rings. The number of sulfonamides is 1. The van der Waals surface area contributed by atoms with Crippen LogP contribution in [-0.2, 0) is 19.6 Å². The fourth-order valence-corrected chi connectivity index (χ4v) is 3.13. The minimum Gasteiger partial charge on any atom is -0.481 e. The number of hydrogen-bond donors (Lipinski definition) is 2. The number of nitrogens with one attached hydrogen (secondary N) is 1. The van der Waals surface area contributed by atoms with Gasteiger partial charge in [0.2, 0.25) is 10.0 Å². The first-order chi connectivity index (χ1) is 7.89. The zero-order valence-electron chi connectivity index (χ0n) is 9.89. The number of hydrogen-bond acceptors (Lipinski definition) is 4. The lowest BCUT2D eigenvalue weighted by Gasteiger charge is -2.13. The molecule has 1 fully saturated rings. The molecule has 7 heteroatoms. The number of carboxylic acids is 1. The molecule has 0 radical (unpaired) electrons. The molecule has 0 amide bonds. The molecule has 1 aliphatic rings. The van der Waals surface area contributed by atoms with Crippen LogP contribution in [0.2, 0.25) is 0 Å². The summed E-state index contributed by atoms with van der Waals surface area (Å²) in [5.41, 5.74) is 0. The normalized spacial score (nSPS) is 22.5. The Kier molecular flexibility index (Phi) is 5.35. The van der Waals surface area contributed by atoms with Gasteiger partial charge >= 0.3 is 5.97 Å². The number of aliphatic carboxylic acids is 1. The zero-order chi connectivity index (χ0) is 12.9. The maximum atomic E-state index is 11.6. The molecule has 0 aromatic heterocycles. The van der Waals surface area contributed by atoms with E-state index < -0.39 is 16.0 Å². The van der Waals surface area contributed by atoms with E-state index in [0.29, 0.717) is 6.61 Å².